The molecule has 0 amide bonds. The van der Waals surface area contributed by atoms with Crippen molar-refractivity contribution >= 4 is 10.9 Å². The Hall–Kier alpha value is -1.45. The van der Waals surface area contributed by atoms with Gasteiger partial charge in [0.2, 0.25) is 0 Å². The molecule has 88 valence electrons. The fourth-order valence-electron chi connectivity index (χ4n) is 2.57. The molecule has 2 aromatic rings. The molecule has 3 rings (SSSR count). The second-order valence-electron chi connectivity index (χ2n) is 4.69. The lowest BCUT2D eigenvalue weighted by atomic mass is 9.84. The van der Waals surface area contributed by atoms with E-state index < -0.39 is 0 Å². The Bertz CT molecular complexity index is 527. The highest BCUT2D eigenvalue weighted by Crippen LogP contribution is 2.32. The molecule has 1 aliphatic rings. The highest BCUT2D eigenvalue weighted by atomic mass is 16.5. The number of hydrogen-bond donors (Lipinski definition) is 1. The van der Waals surface area contributed by atoms with Gasteiger partial charge in [0.25, 0.3) is 0 Å². The topological polar surface area (TPSA) is 48.1 Å². The maximum atomic E-state index is 6.49. The Kier molecular flexibility index (Phi) is 2.57. The van der Waals surface area contributed by atoms with Gasteiger partial charge in [-0.1, -0.05) is 18.2 Å². The molecule has 1 atom stereocenters. The molecule has 0 saturated carbocycles. The van der Waals surface area contributed by atoms with Crippen LogP contribution in [0, 0.1) is 0 Å². The van der Waals surface area contributed by atoms with Crippen LogP contribution >= 0.6 is 0 Å². The summed E-state index contributed by atoms with van der Waals surface area (Å²) in [7, 11) is 0. The second kappa shape index (κ2) is 4.09. The third kappa shape index (κ3) is 1.81. The van der Waals surface area contributed by atoms with E-state index in [1.807, 2.05) is 24.4 Å². The Morgan fingerprint density at radius 1 is 1.24 bits per heavy atom. The molecule has 0 bridgehead atoms. The number of aromatic nitrogens is 1. The lowest BCUT2D eigenvalue weighted by Gasteiger charge is -2.34. The van der Waals surface area contributed by atoms with E-state index in [4.69, 9.17) is 10.5 Å². The van der Waals surface area contributed by atoms with Gasteiger partial charge in [-0.25, -0.2) is 0 Å². The van der Waals surface area contributed by atoms with Crippen LogP contribution in [0.25, 0.3) is 10.9 Å². The number of benzene rings is 1. The van der Waals surface area contributed by atoms with Gasteiger partial charge in [0, 0.05) is 18.2 Å². The average molecular weight is 228 g/mol. The monoisotopic (exact) mass is 228 g/mol. The lowest BCUT2D eigenvalue weighted by Crippen LogP contribution is -2.44. The zero-order valence-electron chi connectivity index (χ0n) is 9.73. The minimum Gasteiger partial charge on any atom is -0.379 e. The molecule has 0 radical (unpaired) electrons. The molecule has 3 nitrogen and oxygen atoms in total. The summed E-state index contributed by atoms with van der Waals surface area (Å²) in [6, 6.07) is 10.2. The average Bonchev–Trinajstić information content (AvgIpc) is 2.39. The maximum absolute atomic E-state index is 6.49. The summed E-state index contributed by atoms with van der Waals surface area (Å²) < 4.78 is 5.54. The van der Waals surface area contributed by atoms with Gasteiger partial charge >= 0.3 is 0 Å². The van der Waals surface area contributed by atoms with Gasteiger partial charge in [0.1, 0.15) is 0 Å². The van der Waals surface area contributed by atoms with E-state index in [1.54, 1.807) is 0 Å². The molecule has 1 unspecified atom stereocenters. The van der Waals surface area contributed by atoms with Crippen LogP contribution < -0.4 is 5.73 Å². The molecule has 1 aromatic heterocycles. The quantitative estimate of drug-likeness (QED) is 0.814. The molecule has 1 aromatic carbocycles. The number of rotatable bonds is 1. The van der Waals surface area contributed by atoms with E-state index in [0.717, 1.165) is 35.9 Å². The first-order chi connectivity index (χ1) is 8.30. The van der Waals surface area contributed by atoms with Crippen molar-refractivity contribution in [1.29, 1.82) is 0 Å². The Balaban J connectivity index is 2.16. The summed E-state index contributed by atoms with van der Waals surface area (Å²) in [6.45, 7) is 1.42. The summed E-state index contributed by atoms with van der Waals surface area (Å²) in [5.41, 5.74) is 8.29. The summed E-state index contributed by atoms with van der Waals surface area (Å²) in [6.07, 6.45) is 3.81. The number of nitrogens with two attached hydrogens (primary N) is 1. The van der Waals surface area contributed by atoms with Crippen molar-refractivity contribution in [2.24, 2.45) is 5.73 Å². The molecule has 1 saturated heterocycles. The van der Waals surface area contributed by atoms with E-state index in [1.165, 1.54) is 0 Å². The van der Waals surface area contributed by atoms with Gasteiger partial charge in [-0.2, -0.15) is 0 Å². The number of ether oxygens (including phenoxy) is 1. The van der Waals surface area contributed by atoms with Crippen LogP contribution in [-0.4, -0.2) is 18.2 Å². The summed E-state index contributed by atoms with van der Waals surface area (Å²) in [5, 5.41) is 1.14. The van der Waals surface area contributed by atoms with Crippen molar-refractivity contribution in [3.05, 3.63) is 42.1 Å². The van der Waals surface area contributed by atoms with Gasteiger partial charge < -0.3 is 10.5 Å². The SMILES string of the molecule is NC1(c2cccc3ncccc23)CCCOC1. The zero-order valence-corrected chi connectivity index (χ0v) is 9.73. The fourth-order valence-corrected chi connectivity index (χ4v) is 2.57. The normalized spacial score (nSPS) is 25.0. The molecule has 0 spiro atoms. The first kappa shape index (κ1) is 10.7. The summed E-state index contributed by atoms with van der Waals surface area (Å²) >= 11 is 0. The standard InChI is InChI=1S/C14H16N2O/c15-14(7-3-9-17-10-14)12-5-1-6-13-11(12)4-2-8-16-13/h1-2,4-6,8H,3,7,9-10,15H2. The number of nitrogens with zero attached hydrogens (tertiary/aromatic N) is 1. The minimum absolute atomic E-state index is 0.360. The molecule has 17 heavy (non-hydrogen) atoms. The Morgan fingerprint density at radius 2 is 2.18 bits per heavy atom. The molecule has 1 fully saturated rings. The van der Waals surface area contributed by atoms with E-state index in [-0.39, 0.29) is 5.54 Å². The van der Waals surface area contributed by atoms with Crippen LogP contribution in [0.4, 0.5) is 0 Å². The predicted octanol–water partition coefficient (Wildman–Crippen LogP) is 2.20. The molecule has 0 aliphatic carbocycles. The van der Waals surface area contributed by atoms with Crippen LogP contribution in [0.1, 0.15) is 18.4 Å². The molecule has 3 heteroatoms. The zero-order chi connectivity index (χ0) is 11.7. The molecular weight excluding hydrogens is 212 g/mol. The predicted molar refractivity (Wildman–Crippen MR) is 67.7 cm³/mol. The van der Waals surface area contributed by atoms with E-state index in [2.05, 4.69) is 17.1 Å². The van der Waals surface area contributed by atoms with Crippen LogP contribution in [-0.2, 0) is 10.3 Å². The Labute approximate surface area is 101 Å². The van der Waals surface area contributed by atoms with Crippen LogP contribution in [0.15, 0.2) is 36.5 Å². The van der Waals surface area contributed by atoms with Crippen LogP contribution in [0.2, 0.25) is 0 Å². The molecular formula is C14H16N2O. The van der Waals surface area contributed by atoms with Crippen molar-refractivity contribution in [2.75, 3.05) is 13.2 Å². The van der Waals surface area contributed by atoms with E-state index in [0.29, 0.717) is 6.61 Å². The van der Waals surface area contributed by atoms with Gasteiger partial charge in [-0.15, -0.1) is 0 Å². The minimum atomic E-state index is -0.360. The Morgan fingerprint density at radius 3 is 3.00 bits per heavy atom. The first-order valence-electron chi connectivity index (χ1n) is 6.00. The van der Waals surface area contributed by atoms with Gasteiger partial charge in [-0.05, 0) is 30.5 Å². The van der Waals surface area contributed by atoms with Gasteiger partial charge in [0.15, 0.2) is 0 Å². The summed E-state index contributed by atoms with van der Waals surface area (Å²) in [4.78, 5) is 4.37. The summed E-state index contributed by atoms with van der Waals surface area (Å²) in [5.74, 6) is 0. The van der Waals surface area contributed by atoms with Crippen molar-refractivity contribution < 1.29 is 4.74 Å². The largest absolute Gasteiger partial charge is 0.379 e. The van der Waals surface area contributed by atoms with E-state index >= 15 is 0 Å². The molecule has 2 N–H and O–H groups in total. The first-order valence-corrected chi connectivity index (χ1v) is 6.00. The van der Waals surface area contributed by atoms with Crippen molar-refractivity contribution in [3.63, 3.8) is 0 Å². The third-order valence-corrected chi connectivity index (χ3v) is 3.45. The number of hydrogen-bond acceptors (Lipinski definition) is 3. The maximum Gasteiger partial charge on any atom is 0.0705 e. The van der Waals surface area contributed by atoms with Gasteiger partial charge in [-0.3, -0.25) is 4.98 Å². The van der Waals surface area contributed by atoms with Crippen LogP contribution in [0.5, 0.6) is 0 Å². The highest BCUT2D eigenvalue weighted by molar-refractivity contribution is 5.83. The number of pyridine rings is 1. The van der Waals surface area contributed by atoms with Crippen molar-refractivity contribution in [2.45, 2.75) is 18.4 Å². The second-order valence-corrected chi connectivity index (χ2v) is 4.69. The van der Waals surface area contributed by atoms with Crippen molar-refractivity contribution in [1.82, 2.24) is 4.98 Å². The fraction of sp³-hybridized carbons (Fsp3) is 0.357. The number of fused-ring (bicyclic) bond motifs is 1. The van der Waals surface area contributed by atoms with E-state index in [9.17, 15) is 0 Å². The van der Waals surface area contributed by atoms with Gasteiger partial charge in [0.05, 0.1) is 17.7 Å². The molecule has 1 aliphatic heterocycles. The third-order valence-electron chi connectivity index (χ3n) is 3.45. The highest BCUT2D eigenvalue weighted by Gasteiger charge is 2.31. The molecule has 2 heterocycles. The van der Waals surface area contributed by atoms with Crippen LogP contribution in [0.3, 0.4) is 0 Å². The van der Waals surface area contributed by atoms with Crippen molar-refractivity contribution in [3.8, 4) is 0 Å². The smallest absolute Gasteiger partial charge is 0.0705 e. The lowest BCUT2D eigenvalue weighted by molar-refractivity contribution is 0.0373.